The number of rotatable bonds is 6. The molecule has 2 rings (SSSR count). The van der Waals surface area contributed by atoms with Gasteiger partial charge in [0.2, 0.25) is 10.0 Å². The van der Waals surface area contributed by atoms with Gasteiger partial charge in [0.15, 0.2) is 5.96 Å². The SMILES string of the molecule is CN=C(NCc1ccc(S(=O)(=O)NC)cc1)NCC1CC1.I. The molecule has 0 heterocycles. The van der Waals surface area contributed by atoms with Crippen LogP contribution in [0.4, 0.5) is 0 Å². The standard InChI is InChI=1S/C14H22N4O2S.HI/c1-15-14(17-9-11-3-4-11)18-10-12-5-7-13(8-6-12)21(19,20)16-2;/h5-8,11,16H,3-4,9-10H2,1-2H3,(H2,15,17,18);1H. The number of hydrogen-bond acceptors (Lipinski definition) is 3. The van der Waals surface area contributed by atoms with E-state index in [1.807, 2.05) is 0 Å². The number of sulfonamides is 1. The lowest BCUT2D eigenvalue weighted by Gasteiger charge is -2.11. The molecule has 0 aromatic heterocycles. The molecule has 8 heteroatoms. The molecule has 124 valence electrons. The Hall–Kier alpha value is -0.870. The Morgan fingerprint density at radius 3 is 2.36 bits per heavy atom. The molecule has 1 aliphatic carbocycles. The highest BCUT2D eigenvalue weighted by Crippen LogP contribution is 2.27. The number of halogens is 1. The summed E-state index contributed by atoms with van der Waals surface area (Å²) in [5.74, 6) is 1.56. The molecule has 1 aromatic rings. The number of nitrogens with one attached hydrogen (secondary N) is 3. The second-order valence-electron chi connectivity index (χ2n) is 5.10. The fourth-order valence-electron chi connectivity index (χ4n) is 1.87. The second kappa shape index (κ2) is 8.68. The van der Waals surface area contributed by atoms with Crippen LogP contribution in [-0.4, -0.2) is 35.0 Å². The quantitative estimate of drug-likeness (QED) is 0.355. The van der Waals surface area contributed by atoms with Crippen LogP contribution < -0.4 is 15.4 Å². The summed E-state index contributed by atoms with van der Waals surface area (Å²) in [5, 5.41) is 6.49. The largest absolute Gasteiger partial charge is 0.356 e. The Balaban J connectivity index is 0.00000242. The lowest BCUT2D eigenvalue weighted by atomic mass is 10.2. The van der Waals surface area contributed by atoms with Gasteiger partial charge in [0.05, 0.1) is 4.90 Å². The minimum Gasteiger partial charge on any atom is -0.356 e. The summed E-state index contributed by atoms with van der Waals surface area (Å²) in [6.45, 7) is 1.56. The third-order valence-electron chi connectivity index (χ3n) is 3.44. The molecule has 0 spiro atoms. The summed E-state index contributed by atoms with van der Waals surface area (Å²) in [6.07, 6.45) is 2.59. The van der Waals surface area contributed by atoms with E-state index in [4.69, 9.17) is 0 Å². The van der Waals surface area contributed by atoms with Gasteiger partial charge >= 0.3 is 0 Å². The molecule has 1 aliphatic rings. The van der Waals surface area contributed by atoms with Gasteiger partial charge in [-0.05, 0) is 43.5 Å². The topological polar surface area (TPSA) is 82.6 Å². The van der Waals surface area contributed by atoms with E-state index in [-0.39, 0.29) is 28.9 Å². The van der Waals surface area contributed by atoms with Gasteiger partial charge in [-0.1, -0.05) is 12.1 Å². The predicted molar refractivity (Wildman–Crippen MR) is 99.0 cm³/mol. The lowest BCUT2D eigenvalue weighted by Crippen LogP contribution is -2.37. The Kier molecular flexibility index (Phi) is 7.57. The van der Waals surface area contributed by atoms with E-state index in [2.05, 4.69) is 20.3 Å². The van der Waals surface area contributed by atoms with Crippen LogP contribution >= 0.6 is 24.0 Å². The first-order valence-corrected chi connectivity index (χ1v) is 8.50. The first-order valence-electron chi connectivity index (χ1n) is 7.02. The Labute approximate surface area is 149 Å². The number of guanidine groups is 1. The fourth-order valence-corrected chi connectivity index (χ4v) is 2.60. The molecule has 0 saturated heterocycles. The molecule has 0 radical (unpaired) electrons. The van der Waals surface area contributed by atoms with Gasteiger partial charge in [0.1, 0.15) is 0 Å². The monoisotopic (exact) mass is 438 g/mol. The summed E-state index contributed by atoms with van der Waals surface area (Å²) in [4.78, 5) is 4.43. The predicted octanol–water partition coefficient (Wildman–Crippen LogP) is 1.29. The average molecular weight is 438 g/mol. The molecule has 1 fully saturated rings. The van der Waals surface area contributed by atoms with Gasteiger partial charge in [-0.2, -0.15) is 0 Å². The zero-order valence-electron chi connectivity index (χ0n) is 12.8. The van der Waals surface area contributed by atoms with Gasteiger partial charge in [-0.3, -0.25) is 4.99 Å². The van der Waals surface area contributed by atoms with Crippen molar-refractivity contribution < 1.29 is 8.42 Å². The summed E-state index contributed by atoms with van der Waals surface area (Å²) in [7, 11) is -0.225. The van der Waals surface area contributed by atoms with Crippen LogP contribution in [0.15, 0.2) is 34.2 Å². The molecule has 0 unspecified atom stereocenters. The first-order chi connectivity index (χ1) is 10.0. The fraction of sp³-hybridized carbons (Fsp3) is 0.500. The van der Waals surface area contributed by atoms with Gasteiger partial charge in [0, 0.05) is 20.1 Å². The number of hydrogen-bond donors (Lipinski definition) is 3. The summed E-state index contributed by atoms with van der Waals surface area (Å²) in [6, 6.07) is 6.79. The summed E-state index contributed by atoms with van der Waals surface area (Å²) in [5.41, 5.74) is 0.999. The van der Waals surface area contributed by atoms with Crippen molar-refractivity contribution in [2.45, 2.75) is 24.3 Å². The van der Waals surface area contributed by atoms with Crippen molar-refractivity contribution in [2.24, 2.45) is 10.9 Å². The minimum absolute atomic E-state index is 0. The maximum absolute atomic E-state index is 11.6. The van der Waals surface area contributed by atoms with E-state index >= 15 is 0 Å². The van der Waals surface area contributed by atoms with Crippen molar-refractivity contribution in [1.82, 2.24) is 15.4 Å². The van der Waals surface area contributed by atoms with Gasteiger partial charge in [-0.15, -0.1) is 24.0 Å². The molecule has 22 heavy (non-hydrogen) atoms. The molecule has 6 nitrogen and oxygen atoms in total. The third-order valence-corrected chi connectivity index (χ3v) is 4.87. The molecule has 0 amide bonds. The maximum Gasteiger partial charge on any atom is 0.240 e. The Morgan fingerprint density at radius 1 is 1.23 bits per heavy atom. The zero-order valence-corrected chi connectivity index (χ0v) is 15.9. The number of aliphatic imine (C=N–C) groups is 1. The lowest BCUT2D eigenvalue weighted by molar-refractivity contribution is 0.588. The van der Waals surface area contributed by atoms with E-state index < -0.39 is 10.0 Å². The molecule has 1 aromatic carbocycles. The number of benzene rings is 1. The first kappa shape index (κ1) is 19.2. The van der Waals surface area contributed by atoms with Gasteiger partial charge in [0.25, 0.3) is 0 Å². The average Bonchev–Trinajstić information content (AvgIpc) is 3.32. The van der Waals surface area contributed by atoms with Crippen molar-refractivity contribution in [3.63, 3.8) is 0 Å². The molecular weight excluding hydrogens is 415 g/mol. The molecule has 0 bridgehead atoms. The Bertz CT molecular complexity index is 598. The molecule has 0 aliphatic heterocycles. The third kappa shape index (κ3) is 5.73. The molecule has 0 atom stereocenters. The van der Waals surface area contributed by atoms with Gasteiger partial charge < -0.3 is 10.6 Å². The van der Waals surface area contributed by atoms with Crippen molar-refractivity contribution in [1.29, 1.82) is 0 Å². The van der Waals surface area contributed by atoms with E-state index in [9.17, 15) is 8.42 Å². The van der Waals surface area contributed by atoms with Gasteiger partial charge in [-0.25, -0.2) is 13.1 Å². The molecule has 1 saturated carbocycles. The van der Waals surface area contributed by atoms with Crippen LogP contribution in [-0.2, 0) is 16.6 Å². The van der Waals surface area contributed by atoms with Crippen LogP contribution in [0.5, 0.6) is 0 Å². The van der Waals surface area contributed by atoms with Crippen LogP contribution in [0.25, 0.3) is 0 Å². The van der Waals surface area contributed by atoms with E-state index in [1.165, 1.54) is 19.9 Å². The van der Waals surface area contributed by atoms with Crippen LogP contribution in [0.2, 0.25) is 0 Å². The van der Waals surface area contributed by atoms with Crippen molar-refractivity contribution in [3.8, 4) is 0 Å². The van der Waals surface area contributed by atoms with Crippen molar-refractivity contribution >= 4 is 40.0 Å². The highest BCUT2D eigenvalue weighted by molar-refractivity contribution is 14.0. The molecule has 3 N–H and O–H groups in total. The molecular formula is C14H23IN4O2S. The second-order valence-corrected chi connectivity index (χ2v) is 6.99. The number of nitrogens with zero attached hydrogens (tertiary/aromatic N) is 1. The maximum atomic E-state index is 11.6. The van der Waals surface area contributed by atoms with Crippen molar-refractivity contribution in [2.75, 3.05) is 20.6 Å². The van der Waals surface area contributed by atoms with E-state index in [0.717, 1.165) is 24.0 Å². The van der Waals surface area contributed by atoms with E-state index in [0.29, 0.717) is 6.54 Å². The highest BCUT2D eigenvalue weighted by atomic mass is 127. The van der Waals surface area contributed by atoms with Crippen LogP contribution in [0, 0.1) is 5.92 Å². The smallest absolute Gasteiger partial charge is 0.240 e. The summed E-state index contributed by atoms with van der Waals surface area (Å²) < 4.78 is 25.5. The zero-order chi connectivity index (χ0) is 15.3. The minimum atomic E-state index is -3.37. The normalized spacial score (nSPS) is 15.1. The van der Waals surface area contributed by atoms with Crippen LogP contribution in [0.1, 0.15) is 18.4 Å². The van der Waals surface area contributed by atoms with E-state index in [1.54, 1.807) is 31.3 Å². The summed E-state index contributed by atoms with van der Waals surface area (Å²) >= 11 is 0. The van der Waals surface area contributed by atoms with Crippen molar-refractivity contribution in [3.05, 3.63) is 29.8 Å². The highest BCUT2D eigenvalue weighted by Gasteiger charge is 2.21. The Morgan fingerprint density at radius 2 is 1.86 bits per heavy atom. The van der Waals surface area contributed by atoms with Crippen LogP contribution in [0.3, 0.4) is 0 Å².